The number of hydrogen-bond acceptors (Lipinski definition) is 1. The van der Waals surface area contributed by atoms with Crippen LogP contribution in [0.5, 0.6) is 0 Å². The smallest absolute Gasteiger partial charge is 0.0629 e. The highest BCUT2D eigenvalue weighted by Gasteiger charge is 2.39. The van der Waals surface area contributed by atoms with E-state index in [9.17, 15) is 0 Å². The lowest BCUT2D eigenvalue weighted by Gasteiger charge is -2.29. The molecule has 11 aromatic rings. The summed E-state index contributed by atoms with van der Waals surface area (Å²) in [4.78, 5) is 2.58. The Hall–Kier alpha value is -7.56. The third-order valence-electron chi connectivity index (χ3n) is 12.7. The normalized spacial score (nSPS) is 16.1. The fourth-order valence-corrected chi connectivity index (χ4v) is 10.4. The van der Waals surface area contributed by atoms with Gasteiger partial charge in [0.25, 0.3) is 0 Å². The van der Waals surface area contributed by atoms with Crippen LogP contribution in [0.2, 0.25) is 0 Å². The van der Waals surface area contributed by atoms with Crippen molar-refractivity contribution in [3.05, 3.63) is 212 Å². The van der Waals surface area contributed by atoms with E-state index in [1.54, 1.807) is 0 Å². The van der Waals surface area contributed by atoms with E-state index < -0.39 is 0 Å². The van der Waals surface area contributed by atoms with Crippen molar-refractivity contribution >= 4 is 76.8 Å². The highest BCUT2D eigenvalue weighted by Crippen LogP contribution is 2.53. The first-order valence-corrected chi connectivity index (χ1v) is 20.2. The lowest BCUT2D eigenvalue weighted by molar-refractivity contribution is 0.745. The molecule has 4 heteroatoms. The van der Waals surface area contributed by atoms with E-state index in [1.807, 2.05) is 0 Å². The lowest BCUT2D eigenvalue weighted by atomic mass is 9.91. The van der Waals surface area contributed by atoms with Crippen molar-refractivity contribution in [1.82, 2.24) is 13.7 Å². The van der Waals surface area contributed by atoms with Crippen LogP contribution in [-0.4, -0.2) is 19.7 Å². The van der Waals surface area contributed by atoms with E-state index in [1.165, 1.54) is 82.4 Å². The molecule has 2 unspecified atom stereocenters. The molecule has 0 radical (unpaired) electrons. The first kappa shape index (κ1) is 31.6. The Morgan fingerprint density at radius 1 is 0.328 bits per heavy atom. The molecule has 8 aromatic carbocycles. The van der Waals surface area contributed by atoms with Gasteiger partial charge in [0.1, 0.15) is 0 Å². The second kappa shape index (κ2) is 12.0. The summed E-state index contributed by atoms with van der Waals surface area (Å²) in [6.45, 7) is 0. The van der Waals surface area contributed by atoms with E-state index in [-0.39, 0.29) is 12.0 Å². The highest BCUT2D eigenvalue weighted by atomic mass is 15.2. The predicted octanol–water partition coefficient (Wildman–Crippen LogP) is 13.7. The molecule has 272 valence electrons. The maximum absolute atomic E-state index is 2.58. The van der Waals surface area contributed by atoms with Crippen molar-refractivity contribution in [2.24, 2.45) is 0 Å². The summed E-state index contributed by atoms with van der Waals surface area (Å²) in [5, 5.41) is 7.54. The summed E-state index contributed by atoms with van der Waals surface area (Å²) in [6, 6.07) is 67.3. The van der Waals surface area contributed by atoms with Gasteiger partial charge < -0.3 is 18.6 Å². The number of rotatable bonds is 4. The van der Waals surface area contributed by atoms with Crippen LogP contribution in [0, 0.1) is 0 Å². The minimum Gasteiger partial charge on any atom is -0.333 e. The largest absolute Gasteiger partial charge is 0.333 e. The summed E-state index contributed by atoms with van der Waals surface area (Å²) < 4.78 is 7.42. The molecule has 0 saturated carbocycles. The van der Waals surface area contributed by atoms with Crippen molar-refractivity contribution in [3.63, 3.8) is 0 Å². The number of fused-ring (bicyclic) bond motifs is 13. The van der Waals surface area contributed by atoms with Crippen LogP contribution in [-0.2, 0) is 0 Å². The summed E-state index contributed by atoms with van der Waals surface area (Å²) in [7, 11) is 0. The molecule has 0 N–H and O–H groups in total. The van der Waals surface area contributed by atoms with E-state index in [2.05, 4.69) is 225 Å². The molecule has 1 aliphatic carbocycles. The molecule has 1 aliphatic heterocycles. The van der Waals surface area contributed by atoms with Crippen molar-refractivity contribution < 1.29 is 0 Å². The predicted molar refractivity (Wildman–Crippen MR) is 243 cm³/mol. The highest BCUT2D eigenvalue weighted by molar-refractivity contribution is 6.18. The number of aromatic nitrogens is 3. The van der Waals surface area contributed by atoms with E-state index in [4.69, 9.17) is 0 Å². The number of para-hydroxylation sites is 6. The SMILES string of the molecule is C1=CC2c3ccc4c(c3N(c3ccccc3)C2C=C1)c1ccccc1n4-c1cc(-n2c3ccccc3c3ccccc32)cc(-n2c3ccccc3c3ccccc32)c1. The van der Waals surface area contributed by atoms with Crippen molar-refractivity contribution in [1.29, 1.82) is 0 Å². The van der Waals surface area contributed by atoms with E-state index >= 15 is 0 Å². The Labute approximate surface area is 335 Å². The summed E-state index contributed by atoms with van der Waals surface area (Å²) in [6.07, 6.45) is 9.17. The number of benzene rings is 8. The molecule has 2 atom stereocenters. The molecule has 0 spiro atoms. The summed E-state index contributed by atoms with van der Waals surface area (Å²) >= 11 is 0. The molecule has 2 aliphatic rings. The first-order valence-electron chi connectivity index (χ1n) is 20.2. The van der Waals surface area contributed by atoms with Crippen LogP contribution in [0.25, 0.3) is 82.5 Å². The second-order valence-corrected chi connectivity index (χ2v) is 15.7. The lowest BCUT2D eigenvalue weighted by Crippen LogP contribution is -2.28. The van der Waals surface area contributed by atoms with Crippen molar-refractivity contribution in [2.75, 3.05) is 4.90 Å². The van der Waals surface area contributed by atoms with Crippen molar-refractivity contribution in [2.45, 2.75) is 12.0 Å². The third kappa shape index (κ3) is 4.29. The molecule has 0 bridgehead atoms. The van der Waals surface area contributed by atoms with Gasteiger partial charge in [0.15, 0.2) is 0 Å². The zero-order valence-corrected chi connectivity index (χ0v) is 31.6. The topological polar surface area (TPSA) is 18.0 Å². The standard InChI is InChI=1S/C54H36N4/c1-2-16-35(17-3-1)58-50-28-14-8-22-43(50)44-30-31-52-53(54(44)58)45-23-9-15-29-51(45)57(52)38-33-36(55-46-24-10-4-18-39(46)40-19-5-11-25-47(40)55)32-37(34-38)56-48-26-12-6-20-41(48)42-21-7-13-27-49(42)56/h1-34,43,50H. The zero-order valence-electron chi connectivity index (χ0n) is 31.6. The van der Waals surface area contributed by atoms with Crippen LogP contribution in [0.15, 0.2) is 206 Å². The zero-order chi connectivity index (χ0) is 37.9. The molecule has 13 rings (SSSR count). The molecular formula is C54H36N4. The van der Waals surface area contributed by atoms with Crippen LogP contribution >= 0.6 is 0 Å². The molecule has 0 amide bonds. The van der Waals surface area contributed by atoms with Crippen molar-refractivity contribution in [3.8, 4) is 17.1 Å². The Bertz CT molecular complexity index is 3300. The van der Waals surface area contributed by atoms with Crippen LogP contribution in [0.1, 0.15) is 11.5 Å². The first-order chi connectivity index (χ1) is 28.8. The second-order valence-electron chi connectivity index (χ2n) is 15.7. The Morgan fingerprint density at radius 3 is 1.26 bits per heavy atom. The average molecular weight is 741 g/mol. The van der Waals surface area contributed by atoms with E-state index in [0.29, 0.717) is 0 Å². The van der Waals surface area contributed by atoms with Gasteiger partial charge in [0.2, 0.25) is 0 Å². The van der Waals surface area contributed by atoms with Gasteiger partial charge in [-0.25, -0.2) is 0 Å². The Kier molecular flexibility index (Phi) is 6.53. The molecule has 4 nitrogen and oxygen atoms in total. The number of hydrogen-bond donors (Lipinski definition) is 0. The number of anilines is 2. The monoisotopic (exact) mass is 740 g/mol. The van der Waals surface area contributed by atoms with Gasteiger partial charge in [-0.05, 0) is 72.3 Å². The maximum Gasteiger partial charge on any atom is 0.0629 e. The molecule has 3 aromatic heterocycles. The fourth-order valence-electron chi connectivity index (χ4n) is 10.4. The van der Waals surface area contributed by atoms with Gasteiger partial charge in [-0.2, -0.15) is 0 Å². The molecular weight excluding hydrogens is 705 g/mol. The molecule has 58 heavy (non-hydrogen) atoms. The van der Waals surface area contributed by atoms with E-state index in [0.717, 1.165) is 17.1 Å². The minimum absolute atomic E-state index is 0.204. The van der Waals surface area contributed by atoms with Gasteiger partial charge in [-0.3, -0.25) is 0 Å². The van der Waals surface area contributed by atoms with Crippen LogP contribution in [0.3, 0.4) is 0 Å². The number of allylic oxidation sites excluding steroid dienone is 2. The quantitative estimate of drug-likeness (QED) is 0.176. The Balaban J connectivity index is 1.16. The summed E-state index contributed by atoms with van der Waals surface area (Å²) in [5.41, 5.74) is 14.4. The van der Waals surface area contributed by atoms with Gasteiger partial charge in [0, 0.05) is 43.9 Å². The van der Waals surface area contributed by atoms with Gasteiger partial charge in [0.05, 0.1) is 61.9 Å². The third-order valence-corrected chi connectivity index (χ3v) is 12.7. The minimum atomic E-state index is 0.204. The van der Waals surface area contributed by atoms with Crippen LogP contribution < -0.4 is 4.90 Å². The van der Waals surface area contributed by atoms with Gasteiger partial charge in [-0.1, -0.05) is 140 Å². The maximum atomic E-state index is 2.58. The summed E-state index contributed by atoms with van der Waals surface area (Å²) in [5.74, 6) is 0.271. The van der Waals surface area contributed by atoms with Gasteiger partial charge in [-0.15, -0.1) is 0 Å². The molecule has 4 heterocycles. The molecule has 0 saturated heterocycles. The average Bonchev–Trinajstić information content (AvgIpc) is 4.01. The van der Waals surface area contributed by atoms with Crippen LogP contribution in [0.4, 0.5) is 11.4 Å². The number of nitrogens with zero attached hydrogens (tertiary/aromatic N) is 4. The Morgan fingerprint density at radius 2 is 0.741 bits per heavy atom. The fraction of sp³-hybridized carbons (Fsp3) is 0.0370. The molecule has 0 fully saturated rings. The van der Waals surface area contributed by atoms with Gasteiger partial charge >= 0.3 is 0 Å².